The number of para-hydroxylation sites is 3. The second kappa shape index (κ2) is 9.91. The SMILES string of the molecule is C=C(/C=C\C(=C/C)n1c2ccccc2c2ccccc21)c1ccc(-n2c3c(c4ccccc42)C=CCC=C3)cc1. The lowest BCUT2D eigenvalue weighted by molar-refractivity contribution is 1.10. The third kappa shape index (κ3) is 3.88. The summed E-state index contributed by atoms with van der Waals surface area (Å²) >= 11 is 0. The smallest absolute Gasteiger partial charge is 0.0541 e. The molecule has 0 bridgehead atoms. The van der Waals surface area contributed by atoms with Crippen molar-refractivity contribution in [1.82, 2.24) is 9.13 Å². The molecule has 0 unspecified atom stereocenters. The van der Waals surface area contributed by atoms with Crippen molar-refractivity contribution in [1.29, 1.82) is 0 Å². The Bertz CT molecular complexity index is 1980. The summed E-state index contributed by atoms with van der Waals surface area (Å²) in [5.74, 6) is 0. The first kappa shape index (κ1) is 24.0. The highest BCUT2D eigenvalue weighted by molar-refractivity contribution is 6.10. The topological polar surface area (TPSA) is 9.86 Å². The Labute approximate surface area is 234 Å². The lowest BCUT2D eigenvalue weighted by atomic mass is 10.1. The molecule has 0 atom stereocenters. The number of benzene rings is 4. The van der Waals surface area contributed by atoms with Gasteiger partial charge in [0.05, 0.1) is 22.2 Å². The van der Waals surface area contributed by atoms with Crippen LogP contribution in [0.15, 0.2) is 134 Å². The van der Waals surface area contributed by atoms with Crippen LogP contribution in [0.4, 0.5) is 0 Å². The van der Waals surface area contributed by atoms with Crippen molar-refractivity contribution in [3.63, 3.8) is 0 Å². The van der Waals surface area contributed by atoms with Gasteiger partial charge in [-0.2, -0.15) is 0 Å². The number of fused-ring (bicyclic) bond motifs is 6. The molecule has 40 heavy (non-hydrogen) atoms. The molecule has 0 aliphatic heterocycles. The Balaban J connectivity index is 1.22. The second-order valence-electron chi connectivity index (χ2n) is 10.2. The van der Waals surface area contributed by atoms with Crippen molar-refractivity contribution in [3.05, 3.63) is 151 Å². The maximum Gasteiger partial charge on any atom is 0.0541 e. The predicted molar refractivity (Wildman–Crippen MR) is 174 cm³/mol. The van der Waals surface area contributed by atoms with E-state index in [9.17, 15) is 0 Å². The Kier molecular flexibility index (Phi) is 5.94. The first-order chi connectivity index (χ1) is 19.7. The number of nitrogens with zero attached hydrogens (tertiary/aromatic N) is 2. The van der Waals surface area contributed by atoms with Crippen LogP contribution >= 0.6 is 0 Å². The molecule has 0 radical (unpaired) electrons. The normalized spacial score (nSPS) is 13.5. The fourth-order valence-electron chi connectivity index (χ4n) is 5.95. The number of allylic oxidation sites excluding steroid dienone is 7. The molecule has 2 heteroatoms. The molecule has 2 nitrogen and oxygen atoms in total. The van der Waals surface area contributed by atoms with Crippen LogP contribution < -0.4 is 0 Å². The molecule has 0 spiro atoms. The van der Waals surface area contributed by atoms with E-state index in [1.54, 1.807) is 0 Å². The van der Waals surface area contributed by atoms with Gasteiger partial charge in [0.1, 0.15) is 0 Å². The summed E-state index contributed by atoms with van der Waals surface area (Å²) in [6.07, 6.45) is 16.4. The van der Waals surface area contributed by atoms with Gasteiger partial charge >= 0.3 is 0 Å². The molecule has 1 aliphatic carbocycles. The van der Waals surface area contributed by atoms with E-state index in [0.29, 0.717) is 0 Å². The summed E-state index contributed by atoms with van der Waals surface area (Å²) < 4.78 is 4.70. The summed E-state index contributed by atoms with van der Waals surface area (Å²) in [4.78, 5) is 0. The summed E-state index contributed by atoms with van der Waals surface area (Å²) in [5.41, 5.74) is 10.5. The van der Waals surface area contributed by atoms with Crippen LogP contribution in [-0.4, -0.2) is 9.13 Å². The maximum atomic E-state index is 4.41. The van der Waals surface area contributed by atoms with Gasteiger partial charge in [0.25, 0.3) is 0 Å². The quantitative estimate of drug-likeness (QED) is 0.203. The van der Waals surface area contributed by atoms with E-state index in [0.717, 1.165) is 28.9 Å². The van der Waals surface area contributed by atoms with E-state index in [-0.39, 0.29) is 0 Å². The van der Waals surface area contributed by atoms with Gasteiger partial charge < -0.3 is 9.13 Å². The zero-order valence-corrected chi connectivity index (χ0v) is 22.6. The van der Waals surface area contributed by atoms with Crippen molar-refractivity contribution >= 4 is 56.1 Å². The number of hydrogen-bond acceptors (Lipinski definition) is 0. The molecule has 2 aromatic heterocycles. The Hall–Kier alpha value is -5.08. The maximum absolute atomic E-state index is 4.41. The van der Waals surface area contributed by atoms with Crippen LogP contribution in [0.25, 0.3) is 61.8 Å². The minimum Gasteiger partial charge on any atom is -0.310 e. The molecule has 4 aromatic carbocycles. The van der Waals surface area contributed by atoms with Gasteiger partial charge in [-0.15, -0.1) is 0 Å². The first-order valence-electron chi connectivity index (χ1n) is 13.8. The third-order valence-corrected chi connectivity index (χ3v) is 7.87. The van der Waals surface area contributed by atoms with Crippen molar-refractivity contribution in [2.45, 2.75) is 13.3 Å². The number of hydrogen-bond donors (Lipinski definition) is 0. The van der Waals surface area contributed by atoms with Crippen LogP contribution in [0, 0.1) is 0 Å². The van der Waals surface area contributed by atoms with Crippen molar-refractivity contribution in [3.8, 4) is 5.69 Å². The van der Waals surface area contributed by atoms with E-state index >= 15 is 0 Å². The van der Waals surface area contributed by atoms with Gasteiger partial charge in [-0.3, -0.25) is 0 Å². The molecule has 0 saturated heterocycles. The highest BCUT2D eigenvalue weighted by Gasteiger charge is 2.16. The first-order valence-corrected chi connectivity index (χ1v) is 13.8. The monoisotopic (exact) mass is 514 g/mol. The van der Waals surface area contributed by atoms with E-state index in [4.69, 9.17) is 0 Å². The summed E-state index contributed by atoms with van der Waals surface area (Å²) in [6.45, 7) is 6.50. The van der Waals surface area contributed by atoms with Crippen LogP contribution in [0.5, 0.6) is 0 Å². The highest BCUT2D eigenvalue weighted by atomic mass is 15.0. The van der Waals surface area contributed by atoms with Crippen LogP contribution in [-0.2, 0) is 0 Å². The second-order valence-corrected chi connectivity index (χ2v) is 10.2. The molecule has 6 aromatic rings. The Morgan fingerprint density at radius 1 is 0.675 bits per heavy atom. The molecule has 0 amide bonds. The van der Waals surface area contributed by atoms with Crippen molar-refractivity contribution in [2.24, 2.45) is 0 Å². The van der Waals surface area contributed by atoms with Gasteiger partial charge in [0.15, 0.2) is 0 Å². The minimum absolute atomic E-state index is 0.955. The van der Waals surface area contributed by atoms with Gasteiger partial charge in [-0.05, 0) is 67.0 Å². The van der Waals surface area contributed by atoms with Crippen molar-refractivity contribution in [2.75, 3.05) is 0 Å². The standard InChI is InChI=1S/C38H30N2/c1-3-29(39-35-18-10-7-14-32(35)33-15-8-11-19-36(33)39)24-21-27(2)28-22-25-30(26-23-28)40-37-17-6-4-5-13-31(37)34-16-9-12-20-38(34)40/h3,5-26H,2,4H2,1H3/b24-21-,29-3+. The summed E-state index contributed by atoms with van der Waals surface area (Å²) in [6, 6.07) is 34.6. The highest BCUT2D eigenvalue weighted by Crippen LogP contribution is 2.34. The lowest BCUT2D eigenvalue weighted by Gasteiger charge is -2.11. The van der Waals surface area contributed by atoms with Gasteiger partial charge in [0, 0.05) is 33.1 Å². The van der Waals surface area contributed by atoms with Crippen LogP contribution in [0.1, 0.15) is 30.2 Å². The molecule has 0 saturated carbocycles. The molecule has 1 aliphatic rings. The van der Waals surface area contributed by atoms with E-state index < -0.39 is 0 Å². The Morgan fingerprint density at radius 2 is 1.27 bits per heavy atom. The average Bonchev–Trinajstić information content (AvgIpc) is 3.38. The molecule has 2 heterocycles. The molecule has 7 rings (SSSR count). The summed E-state index contributed by atoms with van der Waals surface area (Å²) in [5, 5.41) is 3.81. The van der Waals surface area contributed by atoms with Gasteiger partial charge in [0.2, 0.25) is 0 Å². The molecular formula is C38H30N2. The van der Waals surface area contributed by atoms with Crippen LogP contribution in [0.2, 0.25) is 0 Å². The van der Waals surface area contributed by atoms with Gasteiger partial charge in [-0.1, -0.05) is 104 Å². The Morgan fingerprint density at radius 3 is 1.95 bits per heavy atom. The zero-order valence-electron chi connectivity index (χ0n) is 22.6. The number of rotatable bonds is 5. The van der Waals surface area contributed by atoms with Crippen molar-refractivity contribution < 1.29 is 0 Å². The zero-order chi connectivity index (χ0) is 27.1. The largest absolute Gasteiger partial charge is 0.310 e. The minimum atomic E-state index is 0.955. The molecular weight excluding hydrogens is 484 g/mol. The molecule has 192 valence electrons. The van der Waals surface area contributed by atoms with E-state index in [1.807, 2.05) is 0 Å². The average molecular weight is 515 g/mol. The fraction of sp³-hybridized carbons (Fsp3) is 0.0526. The molecule has 0 N–H and O–H groups in total. The molecule has 0 fully saturated rings. The lowest BCUT2D eigenvalue weighted by Crippen LogP contribution is -1.97. The number of aromatic nitrogens is 2. The van der Waals surface area contributed by atoms with Crippen LogP contribution in [0.3, 0.4) is 0 Å². The van der Waals surface area contributed by atoms with E-state index in [1.165, 1.54) is 44.0 Å². The summed E-state index contributed by atoms with van der Waals surface area (Å²) in [7, 11) is 0. The third-order valence-electron chi connectivity index (χ3n) is 7.87. The van der Waals surface area contributed by atoms with Gasteiger partial charge in [-0.25, -0.2) is 0 Å². The van der Waals surface area contributed by atoms with E-state index in [2.05, 4.69) is 162 Å². The predicted octanol–water partition coefficient (Wildman–Crippen LogP) is 10.3. The fourth-order valence-corrected chi connectivity index (χ4v) is 5.95.